The first-order valence-corrected chi connectivity index (χ1v) is 8.10. The molecule has 0 aliphatic heterocycles. The maximum Gasteiger partial charge on any atom is 0.337 e. The van der Waals surface area contributed by atoms with Crippen LogP contribution < -0.4 is 0 Å². The van der Waals surface area contributed by atoms with E-state index in [0.717, 1.165) is 12.8 Å². The summed E-state index contributed by atoms with van der Waals surface area (Å²) in [7, 11) is -3.52. The van der Waals surface area contributed by atoms with E-state index >= 15 is 0 Å². The summed E-state index contributed by atoms with van der Waals surface area (Å²) in [5, 5.41) is 9.03. The van der Waals surface area contributed by atoms with Crippen molar-refractivity contribution in [3.05, 3.63) is 28.2 Å². The van der Waals surface area contributed by atoms with E-state index in [2.05, 4.69) is 15.9 Å². The number of aromatic carboxylic acids is 1. The summed E-state index contributed by atoms with van der Waals surface area (Å²) in [5.74, 6) is -0.693. The molecule has 0 amide bonds. The van der Waals surface area contributed by atoms with Crippen molar-refractivity contribution in [3.8, 4) is 0 Å². The van der Waals surface area contributed by atoms with Crippen molar-refractivity contribution in [2.24, 2.45) is 5.92 Å². The van der Waals surface area contributed by atoms with Crippen LogP contribution in [0, 0.1) is 5.92 Å². The van der Waals surface area contributed by atoms with Crippen LogP contribution in [0.5, 0.6) is 0 Å². The van der Waals surface area contributed by atoms with Gasteiger partial charge in [0, 0.05) is 4.47 Å². The Morgan fingerprint density at radius 2 is 2.06 bits per heavy atom. The Morgan fingerprint density at radius 3 is 2.61 bits per heavy atom. The van der Waals surface area contributed by atoms with E-state index in [4.69, 9.17) is 5.11 Å². The predicted molar refractivity (Wildman–Crippen MR) is 70.5 cm³/mol. The largest absolute Gasteiger partial charge is 0.478 e. The first kappa shape index (κ1) is 13.5. The lowest BCUT2D eigenvalue weighted by molar-refractivity contribution is 0.0692. The Balaban J connectivity index is 2.34. The molecular weight excluding hydrogens is 320 g/mol. The molecular formula is C12H13BrO4S. The topological polar surface area (TPSA) is 71.4 Å². The summed E-state index contributed by atoms with van der Waals surface area (Å²) >= 11 is 3.17. The SMILES string of the molecule is O=C(O)c1ccc(Br)cc1S(=O)(=O)CCC1CC1. The number of hydrogen-bond acceptors (Lipinski definition) is 3. The van der Waals surface area contributed by atoms with E-state index in [9.17, 15) is 13.2 Å². The van der Waals surface area contributed by atoms with Gasteiger partial charge in [0.15, 0.2) is 9.84 Å². The van der Waals surface area contributed by atoms with E-state index < -0.39 is 15.8 Å². The van der Waals surface area contributed by atoms with E-state index in [1.165, 1.54) is 18.2 Å². The fourth-order valence-corrected chi connectivity index (χ4v) is 3.94. The molecule has 0 heterocycles. The van der Waals surface area contributed by atoms with Crippen LogP contribution in [0.1, 0.15) is 29.6 Å². The third-order valence-electron chi connectivity index (χ3n) is 3.00. The van der Waals surface area contributed by atoms with Crippen molar-refractivity contribution in [2.45, 2.75) is 24.2 Å². The number of halogens is 1. The second-order valence-corrected chi connectivity index (χ2v) is 7.49. The number of sulfone groups is 1. The van der Waals surface area contributed by atoms with Gasteiger partial charge < -0.3 is 5.11 Å². The second-order valence-electron chi connectivity index (χ2n) is 4.50. The average molecular weight is 333 g/mol. The molecule has 1 aromatic carbocycles. The first-order valence-electron chi connectivity index (χ1n) is 5.66. The van der Waals surface area contributed by atoms with Crippen molar-refractivity contribution < 1.29 is 18.3 Å². The lowest BCUT2D eigenvalue weighted by Crippen LogP contribution is -2.13. The molecule has 0 atom stereocenters. The number of rotatable bonds is 5. The molecule has 0 spiro atoms. The summed E-state index contributed by atoms with van der Waals surface area (Å²) in [6.07, 6.45) is 2.79. The smallest absolute Gasteiger partial charge is 0.337 e. The minimum atomic E-state index is -3.52. The molecule has 1 aliphatic rings. The Hall–Kier alpha value is -0.880. The molecule has 0 radical (unpaired) electrons. The van der Waals surface area contributed by atoms with Crippen molar-refractivity contribution in [3.63, 3.8) is 0 Å². The van der Waals surface area contributed by atoms with Gasteiger partial charge in [0.1, 0.15) is 0 Å². The zero-order valence-corrected chi connectivity index (χ0v) is 12.0. The summed E-state index contributed by atoms with van der Waals surface area (Å²) in [5.41, 5.74) is -0.158. The number of hydrogen-bond donors (Lipinski definition) is 1. The van der Waals surface area contributed by atoms with Crippen molar-refractivity contribution in [1.29, 1.82) is 0 Å². The van der Waals surface area contributed by atoms with Crippen LogP contribution >= 0.6 is 15.9 Å². The molecule has 4 nitrogen and oxygen atoms in total. The normalized spacial score (nSPS) is 15.6. The predicted octanol–water partition coefficient (Wildman–Crippen LogP) is 2.72. The summed E-state index contributed by atoms with van der Waals surface area (Å²) in [4.78, 5) is 11.0. The standard InChI is InChI=1S/C12H13BrO4S/c13-9-3-4-10(12(14)15)11(7-9)18(16,17)6-5-8-1-2-8/h3-4,7-8H,1-2,5-6H2,(H,14,15). The van der Waals surface area contributed by atoms with Gasteiger partial charge >= 0.3 is 5.97 Å². The second kappa shape index (κ2) is 5.01. The van der Waals surface area contributed by atoms with Gasteiger partial charge in [-0.1, -0.05) is 28.8 Å². The molecule has 2 rings (SSSR count). The summed E-state index contributed by atoms with van der Waals surface area (Å²) < 4.78 is 24.9. The first-order chi connectivity index (χ1) is 8.40. The van der Waals surface area contributed by atoms with Crippen LogP contribution in [-0.4, -0.2) is 25.2 Å². The van der Waals surface area contributed by atoms with Crippen LogP contribution in [-0.2, 0) is 9.84 Å². The minimum absolute atomic E-state index is 0.0222. The lowest BCUT2D eigenvalue weighted by atomic mass is 10.2. The third kappa shape index (κ3) is 3.11. The summed E-state index contributed by atoms with van der Waals surface area (Å²) in [6.45, 7) is 0. The van der Waals surface area contributed by atoms with Gasteiger partial charge in [-0.3, -0.25) is 0 Å². The molecule has 0 saturated heterocycles. The Labute approximate surface area is 114 Å². The molecule has 1 fully saturated rings. The molecule has 1 N–H and O–H groups in total. The Morgan fingerprint density at radius 1 is 1.39 bits per heavy atom. The molecule has 1 aromatic rings. The van der Waals surface area contributed by atoms with Crippen LogP contribution in [0.25, 0.3) is 0 Å². The average Bonchev–Trinajstić information content (AvgIpc) is 3.09. The fraction of sp³-hybridized carbons (Fsp3) is 0.417. The number of carboxylic acid groups (broad SMARTS) is 1. The molecule has 0 bridgehead atoms. The van der Waals surface area contributed by atoms with E-state index in [0.29, 0.717) is 16.8 Å². The highest BCUT2D eigenvalue weighted by Gasteiger charge is 2.27. The van der Waals surface area contributed by atoms with Crippen LogP contribution in [0.2, 0.25) is 0 Å². The van der Waals surface area contributed by atoms with Crippen LogP contribution in [0.3, 0.4) is 0 Å². The van der Waals surface area contributed by atoms with Gasteiger partial charge in [0.2, 0.25) is 0 Å². The van der Waals surface area contributed by atoms with Crippen molar-refractivity contribution >= 4 is 31.7 Å². The fourth-order valence-electron chi connectivity index (χ4n) is 1.77. The van der Waals surface area contributed by atoms with Gasteiger partial charge in [0.05, 0.1) is 16.2 Å². The molecule has 0 aromatic heterocycles. The van der Waals surface area contributed by atoms with Gasteiger partial charge in [0.25, 0.3) is 0 Å². The Bertz CT molecular complexity index is 576. The van der Waals surface area contributed by atoms with E-state index in [1.807, 2.05) is 0 Å². The molecule has 6 heteroatoms. The van der Waals surface area contributed by atoms with E-state index in [-0.39, 0.29) is 16.2 Å². The van der Waals surface area contributed by atoms with Crippen LogP contribution in [0.4, 0.5) is 0 Å². The van der Waals surface area contributed by atoms with Gasteiger partial charge in [-0.15, -0.1) is 0 Å². The molecule has 0 unspecified atom stereocenters. The zero-order chi connectivity index (χ0) is 13.3. The minimum Gasteiger partial charge on any atom is -0.478 e. The van der Waals surface area contributed by atoms with Gasteiger partial charge in [-0.05, 0) is 30.5 Å². The molecule has 98 valence electrons. The lowest BCUT2D eigenvalue weighted by Gasteiger charge is -2.08. The van der Waals surface area contributed by atoms with Crippen molar-refractivity contribution in [1.82, 2.24) is 0 Å². The zero-order valence-electron chi connectivity index (χ0n) is 9.60. The maximum atomic E-state index is 12.2. The van der Waals surface area contributed by atoms with E-state index in [1.54, 1.807) is 0 Å². The number of benzene rings is 1. The highest BCUT2D eigenvalue weighted by molar-refractivity contribution is 9.10. The van der Waals surface area contributed by atoms with Gasteiger partial charge in [-0.25, -0.2) is 13.2 Å². The third-order valence-corrected chi connectivity index (χ3v) is 5.28. The Kier molecular flexibility index (Phi) is 3.77. The molecule has 18 heavy (non-hydrogen) atoms. The van der Waals surface area contributed by atoms with Crippen molar-refractivity contribution in [2.75, 3.05) is 5.75 Å². The monoisotopic (exact) mass is 332 g/mol. The highest BCUT2D eigenvalue weighted by Crippen LogP contribution is 2.34. The van der Waals surface area contributed by atoms with Gasteiger partial charge in [-0.2, -0.15) is 0 Å². The number of carboxylic acids is 1. The molecule has 1 saturated carbocycles. The maximum absolute atomic E-state index is 12.2. The quantitative estimate of drug-likeness (QED) is 0.899. The number of carbonyl (C=O) groups is 1. The highest BCUT2D eigenvalue weighted by atomic mass is 79.9. The molecule has 1 aliphatic carbocycles. The summed E-state index contributed by atoms with van der Waals surface area (Å²) in [6, 6.07) is 4.21. The van der Waals surface area contributed by atoms with Crippen LogP contribution in [0.15, 0.2) is 27.6 Å².